The van der Waals surface area contributed by atoms with Crippen LogP contribution in [-0.4, -0.2) is 41.8 Å². The van der Waals surface area contributed by atoms with Crippen molar-refractivity contribution in [3.05, 3.63) is 52.6 Å². The van der Waals surface area contributed by atoms with Crippen LogP contribution < -0.4 is 10.6 Å². The van der Waals surface area contributed by atoms with Gasteiger partial charge in [-0.1, -0.05) is 6.07 Å². The molecule has 0 bridgehead atoms. The van der Waals surface area contributed by atoms with Crippen molar-refractivity contribution in [2.24, 2.45) is 0 Å². The first kappa shape index (κ1) is 18.6. The van der Waals surface area contributed by atoms with Gasteiger partial charge in [0.1, 0.15) is 5.82 Å². The Balaban J connectivity index is 1.81. The summed E-state index contributed by atoms with van der Waals surface area (Å²) in [6.45, 7) is 0.0847. The van der Waals surface area contributed by atoms with Crippen molar-refractivity contribution in [2.45, 2.75) is 0 Å². The van der Waals surface area contributed by atoms with E-state index in [1.165, 1.54) is 0 Å². The zero-order chi connectivity index (χ0) is 18.2. The number of likely N-dealkylation sites (N-methyl/N-ethyl adjacent to an activating group) is 1. The van der Waals surface area contributed by atoms with Crippen LogP contribution in [0.4, 0.5) is 11.5 Å². The number of rotatable bonds is 6. The highest BCUT2D eigenvalue weighted by Crippen LogP contribution is 2.11. The quantitative estimate of drug-likeness (QED) is 0.772. The molecule has 2 N–H and O–H groups in total. The Kier molecular flexibility index (Phi) is 6.62. The van der Waals surface area contributed by atoms with Gasteiger partial charge in [0.05, 0.1) is 24.7 Å². The molecule has 2 amide bonds. The van der Waals surface area contributed by atoms with Crippen LogP contribution >= 0.6 is 15.9 Å². The Labute approximate surface area is 153 Å². The third-order valence-corrected chi connectivity index (χ3v) is 3.57. The molecule has 0 fully saturated rings. The number of amides is 2. The Morgan fingerprint density at radius 1 is 1.20 bits per heavy atom. The summed E-state index contributed by atoms with van der Waals surface area (Å²) in [6, 6.07) is 12.1. The molecule has 1 heterocycles. The van der Waals surface area contributed by atoms with Gasteiger partial charge in [0.25, 0.3) is 0 Å². The third-order valence-electron chi connectivity index (χ3n) is 3.10. The number of pyridine rings is 1. The van der Waals surface area contributed by atoms with Crippen LogP contribution in [-0.2, 0) is 9.59 Å². The minimum absolute atomic E-state index is 0.0397. The monoisotopic (exact) mass is 401 g/mol. The summed E-state index contributed by atoms with van der Waals surface area (Å²) in [4.78, 5) is 29.6. The molecule has 0 aliphatic rings. The minimum atomic E-state index is -0.271. The van der Waals surface area contributed by atoms with Gasteiger partial charge >= 0.3 is 0 Å². The molecule has 8 heteroatoms. The van der Waals surface area contributed by atoms with Gasteiger partial charge in [-0.05, 0) is 53.3 Å². The molecular weight excluding hydrogens is 386 g/mol. The van der Waals surface area contributed by atoms with Gasteiger partial charge in [0.2, 0.25) is 11.8 Å². The van der Waals surface area contributed by atoms with E-state index in [-0.39, 0.29) is 24.9 Å². The van der Waals surface area contributed by atoms with Crippen LogP contribution in [0.25, 0.3) is 0 Å². The molecule has 0 saturated heterocycles. The average molecular weight is 402 g/mol. The van der Waals surface area contributed by atoms with Crippen LogP contribution in [0.3, 0.4) is 0 Å². The van der Waals surface area contributed by atoms with E-state index in [0.717, 1.165) is 4.47 Å². The molecule has 0 aliphatic heterocycles. The molecule has 0 aliphatic carbocycles. The van der Waals surface area contributed by atoms with E-state index in [1.54, 1.807) is 54.5 Å². The minimum Gasteiger partial charge on any atom is -0.325 e. The number of nitrogens with zero attached hydrogens (tertiary/aromatic N) is 3. The van der Waals surface area contributed by atoms with E-state index in [1.807, 2.05) is 6.07 Å². The fraction of sp³-hybridized carbons (Fsp3) is 0.176. The standard InChI is InChI=1S/C17H16BrN5O2/c1-23(11-17(25)22-15-6-5-13(18)9-20-15)10-16(24)21-14-4-2-3-12(7-14)8-19/h2-7,9H,10-11H2,1H3,(H,21,24)(H,20,22,25). The molecule has 1 aromatic carbocycles. The molecule has 0 radical (unpaired) electrons. The second-order valence-electron chi connectivity index (χ2n) is 5.32. The molecule has 7 nitrogen and oxygen atoms in total. The van der Waals surface area contributed by atoms with E-state index in [0.29, 0.717) is 17.1 Å². The van der Waals surface area contributed by atoms with Crippen molar-refractivity contribution in [3.8, 4) is 6.07 Å². The first-order chi connectivity index (χ1) is 12.0. The topological polar surface area (TPSA) is 98.1 Å². The summed E-state index contributed by atoms with van der Waals surface area (Å²) in [6.07, 6.45) is 1.59. The maximum atomic E-state index is 12.0. The van der Waals surface area contributed by atoms with E-state index in [9.17, 15) is 9.59 Å². The lowest BCUT2D eigenvalue weighted by Gasteiger charge is -2.16. The fourth-order valence-corrected chi connectivity index (χ4v) is 2.28. The number of anilines is 2. The summed E-state index contributed by atoms with van der Waals surface area (Å²) in [7, 11) is 1.67. The molecule has 25 heavy (non-hydrogen) atoms. The van der Waals surface area contributed by atoms with Crippen LogP contribution in [0.2, 0.25) is 0 Å². The lowest BCUT2D eigenvalue weighted by atomic mass is 10.2. The lowest BCUT2D eigenvalue weighted by Crippen LogP contribution is -2.36. The number of halogens is 1. The number of hydrogen-bond donors (Lipinski definition) is 2. The van der Waals surface area contributed by atoms with Crippen molar-refractivity contribution in [1.82, 2.24) is 9.88 Å². The maximum absolute atomic E-state index is 12.0. The predicted octanol–water partition coefficient (Wildman–Crippen LogP) is 2.22. The summed E-state index contributed by atoms with van der Waals surface area (Å²) in [5.41, 5.74) is 1.01. The van der Waals surface area contributed by atoms with Crippen LogP contribution in [0, 0.1) is 11.3 Å². The molecule has 2 aromatic rings. The Morgan fingerprint density at radius 3 is 2.56 bits per heavy atom. The number of carbonyl (C=O) groups is 2. The Bertz CT molecular complexity index is 801. The molecule has 0 unspecified atom stereocenters. The van der Waals surface area contributed by atoms with Crippen LogP contribution in [0.15, 0.2) is 47.1 Å². The number of hydrogen-bond acceptors (Lipinski definition) is 5. The number of nitriles is 1. The average Bonchev–Trinajstić information content (AvgIpc) is 2.56. The molecule has 1 aromatic heterocycles. The highest BCUT2D eigenvalue weighted by molar-refractivity contribution is 9.10. The SMILES string of the molecule is CN(CC(=O)Nc1cccc(C#N)c1)CC(=O)Nc1ccc(Br)cn1. The highest BCUT2D eigenvalue weighted by atomic mass is 79.9. The summed E-state index contributed by atoms with van der Waals surface area (Å²) in [5.74, 6) is -0.0943. The van der Waals surface area contributed by atoms with Crippen molar-refractivity contribution in [1.29, 1.82) is 5.26 Å². The lowest BCUT2D eigenvalue weighted by molar-refractivity contribution is -0.119. The molecule has 0 saturated carbocycles. The molecule has 2 rings (SSSR count). The van der Waals surface area contributed by atoms with E-state index >= 15 is 0 Å². The highest BCUT2D eigenvalue weighted by Gasteiger charge is 2.11. The van der Waals surface area contributed by atoms with Gasteiger partial charge in [-0.15, -0.1) is 0 Å². The van der Waals surface area contributed by atoms with Crippen molar-refractivity contribution < 1.29 is 9.59 Å². The molecule has 0 atom stereocenters. The van der Waals surface area contributed by atoms with E-state index in [2.05, 4.69) is 31.5 Å². The number of nitrogens with one attached hydrogen (secondary N) is 2. The van der Waals surface area contributed by atoms with Gasteiger partial charge in [0, 0.05) is 16.4 Å². The van der Waals surface area contributed by atoms with Gasteiger partial charge < -0.3 is 10.6 Å². The van der Waals surface area contributed by atoms with Crippen molar-refractivity contribution in [2.75, 3.05) is 30.8 Å². The van der Waals surface area contributed by atoms with Crippen molar-refractivity contribution >= 4 is 39.2 Å². The van der Waals surface area contributed by atoms with Gasteiger partial charge in [-0.2, -0.15) is 5.26 Å². The van der Waals surface area contributed by atoms with E-state index < -0.39 is 0 Å². The molecule has 0 spiro atoms. The number of aromatic nitrogens is 1. The predicted molar refractivity (Wildman–Crippen MR) is 97.9 cm³/mol. The van der Waals surface area contributed by atoms with Gasteiger partial charge in [-0.3, -0.25) is 14.5 Å². The number of carbonyl (C=O) groups excluding carboxylic acids is 2. The zero-order valence-electron chi connectivity index (χ0n) is 13.5. The summed E-state index contributed by atoms with van der Waals surface area (Å²) < 4.78 is 0.819. The smallest absolute Gasteiger partial charge is 0.239 e. The van der Waals surface area contributed by atoms with E-state index in [4.69, 9.17) is 5.26 Å². The summed E-state index contributed by atoms with van der Waals surface area (Å²) >= 11 is 3.27. The third kappa shape index (κ3) is 6.33. The molecule has 128 valence electrons. The fourth-order valence-electron chi connectivity index (χ4n) is 2.05. The molecular formula is C17H16BrN5O2. The van der Waals surface area contributed by atoms with Gasteiger partial charge in [-0.25, -0.2) is 4.98 Å². The largest absolute Gasteiger partial charge is 0.325 e. The Hall–Kier alpha value is -2.76. The van der Waals surface area contributed by atoms with Crippen molar-refractivity contribution in [3.63, 3.8) is 0 Å². The zero-order valence-corrected chi connectivity index (χ0v) is 15.1. The second kappa shape index (κ2) is 8.92. The van der Waals surface area contributed by atoms with Gasteiger partial charge in [0.15, 0.2) is 0 Å². The first-order valence-electron chi connectivity index (χ1n) is 7.36. The Morgan fingerprint density at radius 2 is 1.92 bits per heavy atom. The van der Waals surface area contributed by atoms with Crippen LogP contribution in [0.5, 0.6) is 0 Å². The normalized spacial score (nSPS) is 10.2. The number of benzene rings is 1. The van der Waals surface area contributed by atoms with Crippen LogP contribution in [0.1, 0.15) is 5.56 Å². The second-order valence-corrected chi connectivity index (χ2v) is 6.24. The first-order valence-corrected chi connectivity index (χ1v) is 8.15. The summed E-state index contributed by atoms with van der Waals surface area (Å²) in [5, 5.41) is 14.2. The maximum Gasteiger partial charge on any atom is 0.239 e.